The summed E-state index contributed by atoms with van der Waals surface area (Å²) in [5.74, 6) is 2.13. The first-order valence-corrected chi connectivity index (χ1v) is 10.9. The van der Waals surface area contributed by atoms with Crippen molar-refractivity contribution in [2.24, 2.45) is 4.99 Å². The van der Waals surface area contributed by atoms with Crippen LogP contribution in [-0.2, 0) is 13.1 Å². The predicted molar refractivity (Wildman–Crippen MR) is 127 cm³/mol. The van der Waals surface area contributed by atoms with Crippen molar-refractivity contribution in [3.05, 3.63) is 53.6 Å². The van der Waals surface area contributed by atoms with E-state index in [-0.39, 0.29) is 0 Å². The van der Waals surface area contributed by atoms with Gasteiger partial charge in [0, 0.05) is 58.1 Å². The lowest BCUT2D eigenvalue weighted by atomic mass is 10.1. The topological polar surface area (TPSA) is 61.4 Å². The van der Waals surface area contributed by atoms with Crippen LogP contribution in [-0.4, -0.2) is 69.8 Å². The highest BCUT2D eigenvalue weighted by Crippen LogP contribution is 2.30. The average molecular weight is 426 g/mol. The Morgan fingerprint density at radius 1 is 1.00 bits per heavy atom. The van der Waals surface area contributed by atoms with E-state index >= 15 is 0 Å². The van der Waals surface area contributed by atoms with Crippen LogP contribution >= 0.6 is 0 Å². The van der Waals surface area contributed by atoms with Crippen LogP contribution < -0.4 is 20.1 Å². The van der Waals surface area contributed by atoms with Crippen molar-refractivity contribution in [3.8, 4) is 11.5 Å². The maximum absolute atomic E-state index is 5.65. The second-order valence-corrected chi connectivity index (χ2v) is 7.75. The smallest absolute Gasteiger partial charge is 0.195 e. The maximum atomic E-state index is 5.65. The zero-order valence-corrected chi connectivity index (χ0v) is 19.1. The first-order valence-electron chi connectivity index (χ1n) is 10.9. The zero-order valence-electron chi connectivity index (χ0n) is 19.1. The van der Waals surface area contributed by atoms with E-state index in [4.69, 9.17) is 9.47 Å². The molecule has 3 rings (SSSR count). The molecule has 0 aliphatic carbocycles. The number of nitrogens with one attached hydrogen (secondary N) is 2. The van der Waals surface area contributed by atoms with Gasteiger partial charge >= 0.3 is 0 Å². The van der Waals surface area contributed by atoms with Crippen LogP contribution in [0.5, 0.6) is 11.5 Å². The van der Waals surface area contributed by atoms with Gasteiger partial charge in [0.05, 0.1) is 13.7 Å². The van der Waals surface area contributed by atoms with Gasteiger partial charge in [0.25, 0.3) is 0 Å². The number of benzene rings is 2. The van der Waals surface area contributed by atoms with Gasteiger partial charge in [0.2, 0.25) is 0 Å². The Bertz CT molecular complexity index is 846. The van der Waals surface area contributed by atoms with Crippen molar-refractivity contribution in [3.63, 3.8) is 0 Å². The van der Waals surface area contributed by atoms with Crippen molar-refractivity contribution in [1.82, 2.24) is 15.1 Å². The lowest BCUT2D eigenvalue weighted by Crippen LogP contribution is -2.43. The molecule has 7 heteroatoms. The number of rotatable bonds is 8. The third-order valence-electron chi connectivity index (χ3n) is 5.43. The summed E-state index contributed by atoms with van der Waals surface area (Å²) in [4.78, 5) is 9.23. The minimum Gasteiger partial charge on any atom is -0.493 e. The van der Waals surface area contributed by atoms with Gasteiger partial charge in [-0.2, -0.15) is 0 Å². The number of hydrogen-bond acceptors (Lipinski definition) is 5. The Morgan fingerprint density at radius 2 is 1.71 bits per heavy atom. The molecular formula is C24H35N5O2. The molecule has 7 nitrogen and oxygen atoms in total. The van der Waals surface area contributed by atoms with E-state index in [2.05, 4.69) is 56.7 Å². The van der Waals surface area contributed by atoms with E-state index in [1.54, 1.807) is 14.2 Å². The standard InChI is InChI=1S/C24H35N5O2/c1-5-31-23-16-21(10-11-22(23)30-4)27-24(25-2)26-17-19-6-8-20(9-7-19)18-29-14-12-28(3)13-15-29/h6-11,16H,5,12-15,17-18H2,1-4H3,(H2,25,26,27). The highest BCUT2D eigenvalue weighted by atomic mass is 16.5. The third kappa shape index (κ3) is 6.87. The van der Waals surface area contributed by atoms with Crippen LogP contribution in [0, 0.1) is 0 Å². The average Bonchev–Trinajstić information content (AvgIpc) is 2.79. The first-order chi connectivity index (χ1) is 15.1. The summed E-state index contributed by atoms with van der Waals surface area (Å²) in [6.45, 7) is 8.82. The summed E-state index contributed by atoms with van der Waals surface area (Å²) < 4.78 is 11.0. The number of guanidine groups is 1. The summed E-state index contributed by atoms with van der Waals surface area (Å²) >= 11 is 0. The number of piperazine rings is 1. The number of anilines is 1. The highest BCUT2D eigenvalue weighted by molar-refractivity contribution is 5.93. The summed E-state index contributed by atoms with van der Waals surface area (Å²) in [6.07, 6.45) is 0. The highest BCUT2D eigenvalue weighted by Gasteiger charge is 2.13. The Kier molecular flexibility index (Phi) is 8.55. The molecule has 2 aromatic rings. The number of aliphatic imine (C=N–C) groups is 1. The molecule has 0 aromatic heterocycles. The molecule has 1 saturated heterocycles. The predicted octanol–water partition coefficient (Wildman–Crippen LogP) is 3.03. The first kappa shape index (κ1) is 22.9. The molecule has 0 saturated carbocycles. The summed E-state index contributed by atoms with van der Waals surface area (Å²) in [5.41, 5.74) is 3.46. The van der Waals surface area contributed by atoms with Crippen LogP contribution in [0.4, 0.5) is 5.69 Å². The number of hydrogen-bond donors (Lipinski definition) is 2. The minimum atomic E-state index is 0.581. The van der Waals surface area contributed by atoms with Crippen LogP contribution in [0.25, 0.3) is 0 Å². The monoisotopic (exact) mass is 425 g/mol. The number of nitrogens with zero attached hydrogens (tertiary/aromatic N) is 3. The molecule has 0 amide bonds. The fourth-order valence-electron chi connectivity index (χ4n) is 3.55. The second kappa shape index (κ2) is 11.6. The molecule has 2 N–H and O–H groups in total. The Balaban J connectivity index is 1.52. The molecule has 1 aliphatic heterocycles. The lowest BCUT2D eigenvalue weighted by Gasteiger charge is -2.32. The van der Waals surface area contributed by atoms with E-state index in [1.165, 1.54) is 11.1 Å². The third-order valence-corrected chi connectivity index (χ3v) is 5.43. The SMILES string of the molecule is CCOc1cc(NC(=NC)NCc2ccc(CN3CCN(C)CC3)cc2)ccc1OC. The molecule has 0 atom stereocenters. The van der Waals surface area contributed by atoms with Gasteiger partial charge in [0.1, 0.15) is 0 Å². The van der Waals surface area contributed by atoms with Crippen LogP contribution in [0.3, 0.4) is 0 Å². The summed E-state index contributed by atoms with van der Waals surface area (Å²) in [5, 5.41) is 6.68. The van der Waals surface area contributed by atoms with Gasteiger partial charge in [-0.05, 0) is 37.2 Å². The molecule has 31 heavy (non-hydrogen) atoms. The normalized spacial score (nSPS) is 15.5. The van der Waals surface area contributed by atoms with E-state index in [0.29, 0.717) is 30.6 Å². The molecule has 0 spiro atoms. The Morgan fingerprint density at radius 3 is 2.35 bits per heavy atom. The van der Waals surface area contributed by atoms with Crippen LogP contribution in [0.15, 0.2) is 47.5 Å². The molecule has 1 heterocycles. The number of ether oxygens (including phenoxy) is 2. The lowest BCUT2D eigenvalue weighted by molar-refractivity contribution is 0.148. The number of methoxy groups -OCH3 is 1. The molecule has 0 bridgehead atoms. The fourth-order valence-corrected chi connectivity index (χ4v) is 3.55. The van der Waals surface area contributed by atoms with Gasteiger partial charge in [-0.25, -0.2) is 0 Å². The molecule has 1 aliphatic rings. The van der Waals surface area contributed by atoms with E-state index in [1.807, 2.05) is 25.1 Å². The summed E-state index contributed by atoms with van der Waals surface area (Å²) in [6, 6.07) is 14.6. The molecule has 2 aromatic carbocycles. The van der Waals surface area contributed by atoms with Gasteiger partial charge in [-0.1, -0.05) is 24.3 Å². The van der Waals surface area contributed by atoms with Crippen molar-refractivity contribution in [2.45, 2.75) is 20.0 Å². The van der Waals surface area contributed by atoms with E-state index < -0.39 is 0 Å². The quantitative estimate of drug-likeness (QED) is 0.501. The molecule has 0 unspecified atom stereocenters. The second-order valence-electron chi connectivity index (χ2n) is 7.75. The molecule has 1 fully saturated rings. The largest absolute Gasteiger partial charge is 0.493 e. The fraction of sp³-hybridized carbons (Fsp3) is 0.458. The minimum absolute atomic E-state index is 0.581. The van der Waals surface area contributed by atoms with Crippen molar-refractivity contribution in [2.75, 3.05) is 59.3 Å². The maximum Gasteiger partial charge on any atom is 0.195 e. The van der Waals surface area contributed by atoms with Crippen molar-refractivity contribution < 1.29 is 9.47 Å². The van der Waals surface area contributed by atoms with E-state index in [0.717, 1.165) is 38.4 Å². The van der Waals surface area contributed by atoms with Crippen molar-refractivity contribution in [1.29, 1.82) is 0 Å². The molecule has 168 valence electrons. The van der Waals surface area contributed by atoms with Crippen LogP contribution in [0.2, 0.25) is 0 Å². The van der Waals surface area contributed by atoms with Gasteiger partial charge in [-0.3, -0.25) is 9.89 Å². The van der Waals surface area contributed by atoms with Gasteiger partial charge in [-0.15, -0.1) is 0 Å². The zero-order chi connectivity index (χ0) is 22.1. The summed E-state index contributed by atoms with van der Waals surface area (Å²) in [7, 11) is 5.59. The van der Waals surface area contributed by atoms with Crippen LogP contribution in [0.1, 0.15) is 18.1 Å². The molecular weight excluding hydrogens is 390 g/mol. The van der Waals surface area contributed by atoms with E-state index in [9.17, 15) is 0 Å². The number of likely N-dealkylation sites (N-methyl/N-ethyl adjacent to an activating group) is 1. The van der Waals surface area contributed by atoms with Gasteiger partial charge < -0.3 is 25.0 Å². The van der Waals surface area contributed by atoms with Gasteiger partial charge in [0.15, 0.2) is 17.5 Å². The van der Waals surface area contributed by atoms with Crippen molar-refractivity contribution >= 4 is 11.6 Å². The Hall–Kier alpha value is -2.77. The Labute approximate surface area is 186 Å². The molecule has 0 radical (unpaired) electrons.